The molecule has 0 aliphatic rings. The Morgan fingerprint density at radius 3 is 2.65 bits per heavy atom. The summed E-state index contributed by atoms with van der Waals surface area (Å²) in [5.74, 6) is 0.393. The molecule has 0 aliphatic heterocycles. The molecule has 0 amide bonds. The number of anilines is 1. The van der Waals surface area contributed by atoms with E-state index in [1.165, 1.54) is 0 Å². The highest BCUT2D eigenvalue weighted by Crippen LogP contribution is 2.10. The number of rotatable bonds is 4. The van der Waals surface area contributed by atoms with Crippen LogP contribution in [0.2, 0.25) is 0 Å². The van der Waals surface area contributed by atoms with Gasteiger partial charge in [-0.05, 0) is 26.8 Å². The Kier molecular flexibility index (Phi) is 3.92. The van der Waals surface area contributed by atoms with Gasteiger partial charge in [0.25, 0.3) is 5.56 Å². The third-order valence-corrected chi connectivity index (χ3v) is 3.16. The first-order valence-corrected chi connectivity index (χ1v) is 6.68. The first-order valence-electron chi connectivity index (χ1n) is 6.68. The van der Waals surface area contributed by atoms with Gasteiger partial charge in [-0.15, -0.1) is 0 Å². The number of aryl methyl sites for hydroxylation is 1. The second-order valence-corrected chi connectivity index (χ2v) is 5.74. The van der Waals surface area contributed by atoms with Crippen LogP contribution >= 0.6 is 0 Å². The van der Waals surface area contributed by atoms with Gasteiger partial charge < -0.3 is 9.88 Å². The Balaban J connectivity index is 2.07. The summed E-state index contributed by atoms with van der Waals surface area (Å²) in [5, 5.41) is 7.22. The molecule has 0 spiro atoms. The van der Waals surface area contributed by atoms with Crippen molar-refractivity contribution in [3.8, 4) is 0 Å². The van der Waals surface area contributed by atoms with E-state index in [0.717, 1.165) is 12.1 Å². The number of hydrogen-bond acceptors (Lipinski definition) is 4. The molecule has 2 rings (SSSR count). The van der Waals surface area contributed by atoms with Gasteiger partial charge in [-0.1, -0.05) is 0 Å². The van der Waals surface area contributed by atoms with Crippen molar-refractivity contribution in [2.75, 3.05) is 11.9 Å². The van der Waals surface area contributed by atoms with E-state index in [9.17, 15) is 4.79 Å². The molecule has 0 saturated heterocycles. The predicted octanol–water partition coefficient (Wildman–Crippen LogP) is 1.39. The molecular weight excluding hydrogens is 254 g/mol. The fourth-order valence-electron chi connectivity index (χ4n) is 2.02. The van der Waals surface area contributed by atoms with Gasteiger partial charge in [-0.25, -0.2) is 4.98 Å². The lowest BCUT2D eigenvalue weighted by atomic mass is 10.1. The molecular formula is C14H21N5O. The summed E-state index contributed by atoms with van der Waals surface area (Å²) >= 11 is 0. The molecule has 6 heteroatoms. The van der Waals surface area contributed by atoms with Crippen LogP contribution in [-0.2, 0) is 19.0 Å². The second kappa shape index (κ2) is 5.48. The van der Waals surface area contributed by atoms with Crippen LogP contribution in [0.5, 0.6) is 0 Å². The highest BCUT2D eigenvalue weighted by Gasteiger charge is 2.16. The Bertz CT molecular complexity index is 635. The number of aromatic nitrogens is 4. The molecule has 2 heterocycles. The number of hydrogen-bond donors (Lipinski definition) is 1. The first-order chi connectivity index (χ1) is 9.39. The molecule has 0 radical (unpaired) electrons. The van der Waals surface area contributed by atoms with Crippen LogP contribution in [0.4, 0.5) is 5.82 Å². The van der Waals surface area contributed by atoms with Crippen molar-refractivity contribution in [2.24, 2.45) is 7.05 Å². The molecule has 20 heavy (non-hydrogen) atoms. The zero-order chi connectivity index (χ0) is 14.8. The molecule has 0 bridgehead atoms. The minimum atomic E-state index is -0.251. The van der Waals surface area contributed by atoms with Gasteiger partial charge in [0.2, 0.25) is 0 Å². The smallest absolute Gasteiger partial charge is 0.293 e. The van der Waals surface area contributed by atoms with Crippen molar-refractivity contribution in [3.05, 3.63) is 40.7 Å². The average molecular weight is 275 g/mol. The third-order valence-electron chi connectivity index (χ3n) is 3.16. The van der Waals surface area contributed by atoms with Crippen molar-refractivity contribution in [1.82, 2.24) is 19.3 Å². The lowest BCUT2D eigenvalue weighted by Crippen LogP contribution is -2.35. The summed E-state index contributed by atoms with van der Waals surface area (Å²) < 4.78 is 3.51. The van der Waals surface area contributed by atoms with Crippen LogP contribution in [-0.4, -0.2) is 25.9 Å². The quantitative estimate of drug-likeness (QED) is 0.915. The molecule has 0 saturated carbocycles. The normalized spacial score (nSPS) is 11.6. The van der Waals surface area contributed by atoms with Gasteiger partial charge >= 0.3 is 0 Å². The van der Waals surface area contributed by atoms with Gasteiger partial charge in [0.15, 0.2) is 5.82 Å². The summed E-state index contributed by atoms with van der Waals surface area (Å²) in [7, 11) is 1.91. The van der Waals surface area contributed by atoms with Crippen LogP contribution in [0, 0.1) is 0 Å². The lowest BCUT2D eigenvalue weighted by molar-refractivity contribution is 0.383. The topological polar surface area (TPSA) is 64.7 Å². The van der Waals surface area contributed by atoms with E-state index in [1.54, 1.807) is 23.2 Å². The monoisotopic (exact) mass is 275 g/mol. The van der Waals surface area contributed by atoms with Crippen LogP contribution in [0.15, 0.2) is 29.5 Å². The molecule has 6 nitrogen and oxygen atoms in total. The van der Waals surface area contributed by atoms with Crippen LogP contribution < -0.4 is 10.9 Å². The van der Waals surface area contributed by atoms with Crippen molar-refractivity contribution < 1.29 is 0 Å². The first kappa shape index (κ1) is 14.3. The van der Waals surface area contributed by atoms with Gasteiger partial charge in [-0.2, -0.15) is 5.10 Å². The van der Waals surface area contributed by atoms with Gasteiger partial charge in [0, 0.05) is 49.8 Å². The van der Waals surface area contributed by atoms with E-state index in [-0.39, 0.29) is 11.1 Å². The average Bonchev–Trinajstić information content (AvgIpc) is 2.76. The lowest BCUT2D eigenvalue weighted by Gasteiger charge is -2.22. The summed E-state index contributed by atoms with van der Waals surface area (Å²) in [6, 6.07) is 1.97. The van der Waals surface area contributed by atoms with Crippen LogP contribution in [0.1, 0.15) is 26.5 Å². The van der Waals surface area contributed by atoms with Gasteiger partial charge in [0.1, 0.15) is 0 Å². The molecule has 1 N–H and O–H groups in total. The molecule has 0 atom stereocenters. The van der Waals surface area contributed by atoms with Crippen molar-refractivity contribution in [3.63, 3.8) is 0 Å². The van der Waals surface area contributed by atoms with Crippen LogP contribution in [0.25, 0.3) is 0 Å². The maximum Gasteiger partial charge on any atom is 0.293 e. The molecule has 2 aromatic heterocycles. The second-order valence-electron chi connectivity index (χ2n) is 5.74. The van der Waals surface area contributed by atoms with Crippen molar-refractivity contribution >= 4 is 5.82 Å². The third kappa shape index (κ3) is 3.07. The fourth-order valence-corrected chi connectivity index (χ4v) is 2.02. The standard InChI is InChI=1S/C14H21N5O/c1-14(2,3)19-10-9-16-12(13(19)20)15-7-5-11-6-8-17-18(11)4/h6,8-10H,5,7H2,1-4H3,(H,15,16). The zero-order valence-corrected chi connectivity index (χ0v) is 12.4. The van der Waals surface area contributed by atoms with E-state index < -0.39 is 0 Å². The molecule has 2 aromatic rings. The van der Waals surface area contributed by atoms with E-state index >= 15 is 0 Å². The van der Waals surface area contributed by atoms with E-state index in [2.05, 4.69) is 15.4 Å². The van der Waals surface area contributed by atoms with E-state index in [0.29, 0.717) is 12.4 Å². The van der Waals surface area contributed by atoms with Crippen LogP contribution in [0.3, 0.4) is 0 Å². The maximum atomic E-state index is 12.3. The molecule has 0 aliphatic carbocycles. The summed E-state index contributed by atoms with van der Waals surface area (Å²) in [4.78, 5) is 16.4. The maximum absolute atomic E-state index is 12.3. The Labute approximate surface area is 118 Å². The highest BCUT2D eigenvalue weighted by atomic mass is 16.1. The molecule has 108 valence electrons. The fraction of sp³-hybridized carbons (Fsp3) is 0.500. The van der Waals surface area contributed by atoms with Crippen molar-refractivity contribution in [1.29, 1.82) is 0 Å². The van der Waals surface area contributed by atoms with Gasteiger partial charge in [0.05, 0.1) is 0 Å². The summed E-state index contributed by atoms with van der Waals surface area (Å²) in [6.07, 6.45) is 5.93. The Morgan fingerprint density at radius 2 is 2.05 bits per heavy atom. The minimum absolute atomic E-state index is 0.0926. The largest absolute Gasteiger partial charge is 0.365 e. The summed E-state index contributed by atoms with van der Waals surface area (Å²) in [5.41, 5.74) is 0.771. The SMILES string of the molecule is Cn1nccc1CCNc1nccn(C(C)(C)C)c1=O. The van der Waals surface area contributed by atoms with Crippen molar-refractivity contribution in [2.45, 2.75) is 32.7 Å². The molecule has 0 unspecified atom stereocenters. The Hall–Kier alpha value is -2.11. The molecule has 0 fully saturated rings. The van der Waals surface area contributed by atoms with E-state index in [1.807, 2.05) is 38.6 Å². The summed E-state index contributed by atoms with van der Waals surface area (Å²) in [6.45, 7) is 6.63. The highest BCUT2D eigenvalue weighted by molar-refractivity contribution is 5.31. The zero-order valence-electron chi connectivity index (χ0n) is 12.4. The number of nitrogens with zero attached hydrogens (tertiary/aromatic N) is 4. The predicted molar refractivity (Wildman–Crippen MR) is 78.9 cm³/mol. The molecule has 0 aromatic carbocycles. The van der Waals surface area contributed by atoms with E-state index in [4.69, 9.17) is 0 Å². The number of nitrogens with one attached hydrogen (secondary N) is 1. The minimum Gasteiger partial charge on any atom is -0.365 e. The Morgan fingerprint density at radius 1 is 1.30 bits per heavy atom. The van der Waals surface area contributed by atoms with Gasteiger partial charge in [-0.3, -0.25) is 9.48 Å².